The lowest BCUT2D eigenvalue weighted by atomic mass is 10.0. The molecule has 0 aromatic heterocycles. The van der Waals surface area contributed by atoms with Crippen molar-refractivity contribution in [2.45, 2.75) is 6.92 Å². The van der Waals surface area contributed by atoms with Gasteiger partial charge in [-0.3, -0.25) is 4.79 Å². The van der Waals surface area contributed by atoms with E-state index in [0.717, 1.165) is 13.0 Å². The second-order valence-corrected chi connectivity index (χ2v) is 8.08. The molecule has 194 valence electrons. The summed E-state index contributed by atoms with van der Waals surface area (Å²) >= 11 is 0. The summed E-state index contributed by atoms with van der Waals surface area (Å²) in [5.74, 6) is -7.06. The number of aromatic carboxylic acids is 1. The van der Waals surface area contributed by atoms with E-state index in [2.05, 4.69) is 0 Å². The molecule has 0 aliphatic rings. The molecule has 4 rings (SSSR count). The zero-order chi connectivity index (χ0) is 27.9. The number of Topliss-reactive ketones (excluding diaryl/α,β-unsaturated/α-hetero) is 1. The molecule has 9 heteroatoms. The summed E-state index contributed by atoms with van der Waals surface area (Å²) in [4.78, 5) is 63.7. The lowest BCUT2D eigenvalue weighted by Crippen LogP contribution is -2.19. The van der Waals surface area contributed by atoms with E-state index in [1.807, 2.05) is 0 Å². The molecular formula is C30H20O9. The molecule has 0 radical (unpaired) electrons. The zero-order valence-corrected chi connectivity index (χ0v) is 20.5. The highest BCUT2D eigenvalue weighted by Gasteiger charge is 2.32. The van der Waals surface area contributed by atoms with Crippen molar-refractivity contribution in [1.82, 2.24) is 0 Å². The van der Waals surface area contributed by atoms with Crippen LogP contribution in [0.3, 0.4) is 0 Å². The van der Waals surface area contributed by atoms with Gasteiger partial charge in [0.25, 0.3) is 0 Å². The average Bonchev–Trinajstić information content (AvgIpc) is 2.95. The Balaban J connectivity index is 1.92. The van der Waals surface area contributed by atoms with Crippen molar-refractivity contribution in [2.24, 2.45) is 0 Å². The maximum absolute atomic E-state index is 13.0. The minimum Gasteiger partial charge on any atom is -0.478 e. The second-order valence-electron chi connectivity index (χ2n) is 8.08. The van der Waals surface area contributed by atoms with Crippen LogP contribution in [-0.2, 0) is 0 Å². The number of hydrogen-bond donors (Lipinski definition) is 1. The standard InChI is InChI=1S/C30H20O9/c1-18(31)24-22(27(32)33)17-23(37-28(34)19-11-5-2-6-12-19)25(38-29(35)20-13-7-3-8-14-20)26(24)39-30(36)21-15-9-4-10-16-21/h2-17H,1H3,(H,32,33). The van der Waals surface area contributed by atoms with Gasteiger partial charge < -0.3 is 19.3 Å². The highest BCUT2D eigenvalue weighted by Crippen LogP contribution is 2.44. The first-order valence-electron chi connectivity index (χ1n) is 11.5. The van der Waals surface area contributed by atoms with E-state index in [1.165, 1.54) is 36.4 Å². The molecule has 0 aliphatic heterocycles. The van der Waals surface area contributed by atoms with E-state index >= 15 is 0 Å². The van der Waals surface area contributed by atoms with Crippen molar-refractivity contribution in [3.05, 3.63) is 125 Å². The molecule has 4 aromatic rings. The van der Waals surface area contributed by atoms with E-state index in [-0.39, 0.29) is 16.7 Å². The third-order valence-electron chi connectivity index (χ3n) is 5.40. The number of hydrogen-bond acceptors (Lipinski definition) is 8. The first-order valence-corrected chi connectivity index (χ1v) is 11.5. The van der Waals surface area contributed by atoms with Crippen LogP contribution in [0.2, 0.25) is 0 Å². The summed E-state index contributed by atoms with van der Waals surface area (Å²) in [6, 6.07) is 24.0. The predicted molar refractivity (Wildman–Crippen MR) is 138 cm³/mol. The minimum atomic E-state index is -1.57. The lowest BCUT2D eigenvalue weighted by molar-refractivity contribution is 0.0645. The largest absolute Gasteiger partial charge is 0.478 e. The fourth-order valence-electron chi connectivity index (χ4n) is 3.59. The van der Waals surface area contributed by atoms with Crippen LogP contribution in [0.15, 0.2) is 97.1 Å². The topological polar surface area (TPSA) is 133 Å². The molecule has 0 aliphatic carbocycles. The molecule has 4 aromatic carbocycles. The molecule has 0 amide bonds. The fourth-order valence-corrected chi connectivity index (χ4v) is 3.59. The summed E-state index contributed by atoms with van der Waals surface area (Å²) in [6.45, 7) is 1.06. The Labute approximate surface area is 222 Å². The number of carbonyl (C=O) groups is 5. The number of ketones is 1. The molecule has 0 fully saturated rings. The van der Waals surface area contributed by atoms with Crippen LogP contribution in [0.1, 0.15) is 58.7 Å². The number of carboxylic acid groups (broad SMARTS) is 1. The van der Waals surface area contributed by atoms with Crippen LogP contribution in [-0.4, -0.2) is 34.8 Å². The smallest absolute Gasteiger partial charge is 0.343 e. The molecule has 0 saturated heterocycles. The Morgan fingerprint density at radius 1 is 0.564 bits per heavy atom. The molecule has 0 heterocycles. The molecular weight excluding hydrogens is 504 g/mol. The number of carbonyl (C=O) groups excluding carboxylic acids is 4. The van der Waals surface area contributed by atoms with Crippen LogP contribution in [0.25, 0.3) is 0 Å². The van der Waals surface area contributed by atoms with E-state index in [1.54, 1.807) is 54.6 Å². The zero-order valence-electron chi connectivity index (χ0n) is 20.5. The highest BCUT2D eigenvalue weighted by molar-refractivity contribution is 6.10. The van der Waals surface area contributed by atoms with Gasteiger partial charge in [0.2, 0.25) is 5.75 Å². The van der Waals surface area contributed by atoms with Crippen molar-refractivity contribution in [1.29, 1.82) is 0 Å². The van der Waals surface area contributed by atoms with E-state index in [9.17, 15) is 29.1 Å². The van der Waals surface area contributed by atoms with E-state index in [4.69, 9.17) is 14.2 Å². The molecule has 0 spiro atoms. The number of esters is 3. The first kappa shape index (κ1) is 26.5. The van der Waals surface area contributed by atoms with Gasteiger partial charge in [-0.05, 0) is 43.3 Å². The van der Waals surface area contributed by atoms with Crippen molar-refractivity contribution in [3.63, 3.8) is 0 Å². The molecule has 0 saturated carbocycles. The Bertz CT molecular complexity index is 1560. The number of rotatable bonds is 8. The molecule has 0 unspecified atom stereocenters. The highest BCUT2D eigenvalue weighted by atomic mass is 16.6. The van der Waals surface area contributed by atoms with Gasteiger partial charge in [-0.2, -0.15) is 0 Å². The Morgan fingerprint density at radius 2 is 0.949 bits per heavy atom. The third-order valence-corrected chi connectivity index (χ3v) is 5.40. The molecule has 9 nitrogen and oxygen atoms in total. The van der Waals surface area contributed by atoms with Crippen LogP contribution in [0, 0.1) is 0 Å². The lowest BCUT2D eigenvalue weighted by Gasteiger charge is -2.19. The van der Waals surface area contributed by atoms with Gasteiger partial charge >= 0.3 is 23.9 Å². The van der Waals surface area contributed by atoms with Crippen molar-refractivity contribution < 1.29 is 43.3 Å². The molecule has 39 heavy (non-hydrogen) atoms. The van der Waals surface area contributed by atoms with Gasteiger partial charge in [0.1, 0.15) is 0 Å². The minimum absolute atomic E-state index is 0.0656. The maximum atomic E-state index is 13.0. The van der Waals surface area contributed by atoms with Crippen molar-refractivity contribution in [2.75, 3.05) is 0 Å². The number of ether oxygens (including phenoxy) is 3. The van der Waals surface area contributed by atoms with E-state index in [0.29, 0.717) is 0 Å². The van der Waals surface area contributed by atoms with Crippen LogP contribution < -0.4 is 14.2 Å². The monoisotopic (exact) mass is 524 g/mol. The van der Waals surface area contributed by atoms with Crippen LogP contribution in [0.4, 0.5) is 0 Å². The molecule has 0 bridgehead atoms. The Kier molecular flexibility index (Phi) is 7.92. The Morgan fingerprint density at radius 3 is 1.33 bits per heavy atom. The maximum Gasteiger partial charge on any atom is 0.343 e. The van der Waals surface area contributed by atoms with Crippen molar-refractivity contribution in [3.8, 4) is 17.2 Å². The van der Waals surface area contributed by atoms with Gasteiger partial charge in [-0.1, -0.05) is 54.6 Å². The number of carboxylic acids is 1. The third kappa shape index (κ3) is 6.05. The van der Waals surface area contributed by atoms with Crippen molar-refractivity contribution >= 4 is 29.7 Å². The Hall–Kier alpha value is -5.57. The second kappa shape index (κ2) is 11.7. The molecule has 1 N–H and O–H groups in total. The van der Waals surface area contributed by atoms with Gasteiger partial charge in [0.05, 0.1) is 27.8 Å². The molecule has 0 atom stereocenters. The van der Waals surface area contributed by atoms with Gasteiger partial charge in [-0.25, -0.2) is 19.2 Å². The van der Waals surface area contributed by atoms with Gasteiger partial charge in [0.15, 0.2) is 17.3 Å². The summed E-state index contributed by atoms with van der Waals surface area (Å²) < 4.78 is 16.5. The predicted octanol–water partition coefficient (Wildman–Crippen LogP) is 5.25. The quantitative estimate of drug-likeness (QED) is 0.186. The SMILES string of the molecule is CC(=O)c1c(C(=O)O)cc(OC(=O)c2ccccc2)c(OC(=O)c2ccccc2)c1OC(=O)c1ccccc1. The first-order chi connectivity index (χ1) is 18.8. The summed E-state index contributed by atoms with van der Waals surface area (Å²) in [5, 5.41) is 9.88. The van der Waals surface area contributed by atoms with Gasteiger partial charge in [-0.15, -0.1) is 0 Å². The van der Waals surface area contributed by atoms with Crippen LogP contribution >= 0.6 is 0 Å². The normalized spacial score (nSPS) is 10.3. The average molecular weight is 524 g/mol. The van der Waals surface area contributed by atoms with E-state index < -0.39 is 58.0 Å². The number of benzene rings is 4. The summed E-state index contributed by atoms with van der Waals surface area (Å²) in [6.07, 6.45) is 0. The summed E-state index contributed by atoms with van der Waals surface area (Å²) in [5.41, 5.74) is -0.926. The summed E-state index contributed by atoms with van der Waals surface area (Å²) in [7, 11) is 0. The van der Waals surface area contributed by atoms with Crippen LogP contribution in [0.5, 0.6) is 17.2 Å². The van der Waals surface area contributed by atoms with Gasteiger partial charge in [0, 0.05) is 6.07 Å². The fraction of sp³-hybridized carbons (Fsp3) is 0.0333.